The maximum absolute atomic E-state index is 13.0. The van der Waals surface area contributed by atoms with Gasteiger partial charge >= 0.3 is 0 Å². The molecule has 0 heterocycles. The third kappa shape index (κ3) is 5.68. The molecule has 1 fully saturated rings. The van der Waals surface area contributed by atoms with E-state index in [0.29, 0.717) is 16.3 Å². The normalized spacial score (nSPS) is 14.9. The molecule has 1 saturated carbocycles. The Kier molecular flexibility index (Phi) is 7.92. The first-order valence-electron chi connectivity index (χ1n) is 10.6. The van der Waals surface area contributed by atoms with E-state index in [4.69, 9.17) is 11.6 Å². The number of para-hydroxylation sites is 1. The van der Waals surface area contributed by atoms with Gasteiger partial charge in [0.25, 0.3) is 5.91 Å². The summed E-state index contributed by atoms with van der Waals surface area (Å²) in [6.07, 6.45) is 4.95. The average Bonchev–Trinajstić information content (AvgIpc) is 2.80. The lowest BCUT2D eigenvalue weighted by Gasteiger charge is -2.30. The van der Waals surface area contributed by atoms with Gasteiger partial charge in [0.2, 0.25) is 15.9 Å². The van der Waals surface area contributed by atoms with Gasteiger partial charge in [-0.15, -0.1) is 0 Å². The number of carbonyl (C=O) groups is 2. The van der Waals surface area contributed by atoms with E-state index in [0.717, 1.165) is 32.1 Å². The molecule has 1 aliphatic carbocycles. The molecule has 0 spiro atoms. The Morgan fingerprint density at radius 2 is 1.62 bits per heavy atom. The van der Waals surface area contributed by atoms with Gasteiger partial charge in [-0.3, -0.25) is 9.59 Å². The molecule has 9 heteroatoms. The molecule has 2 aromatic carbocycles. The van der Waals surface area contributed by atoms with Crippen LogP contribution >= 0.6 is 11.6 Å². The van der Waals surface area contributed by atoms with Crippen molar-refractivity contribution in [3.63, 3.8) is 0 Å². The minimum Gasteiger partial charge on any atom is -0.332 e. The average molecular weight is 478 g/mol. The lowest BCUT2D eigenvalue weighted by atomic mass is 9.96. The molecular weight excluding hydrogens is 450 g/mol. The molecule has 0 unspecified atom stereocenters. The Labute approximate surface area is 194 Å². The van der Waals surface area contributed by atoms with Gasteiger partial charge in [-0.25, -0.2) is 8.42 Å². The Morgan fingerprint density at radius 3 is 2.25 bits per heavy atom. The van der Waals surface area contributed by atoms with Gasteiger partial charge in [0, 0.05) is 25.7 Å². The Bertz CT molecular complexity index is 1070. The number of halogens is 1. The van der Waals surface area contributed by atoms with Gasteiger partial charge in [-0.1, -0.05) is 43.0 Å². The molecule has 0 bridgehead atoms. The predicted octanol–water partition coefficient (Wildman–Crippen LogP) is 4.00. The third-order valence-electron chi connectivity index (χ3n) is 5.74. The van der Waals surface area contributed by atoms with Crippen molar-refractivity contribution in [2.45, 2.75) is 43.0 Å². The van der Waals surface area contributed by atoms with Crippen molar-refractivity contribution in [2.24, 2.45) is 0 Å². The van der Waals surface area contributed by atoms with Crippen molar-refractivity contribution in [3.8, 4) is 0 Å². The first-order chi connectivity index (χ1) is 15.2. The van der Waals surface area contributed by atoms with Crippen LogP contribution in [0, 0.1) is 0 Å². The van der Waals surface area contributed by atoms with Gasteiger partial charge in [-0.05, 0) is 49.2 Å². The molecule has 3 rings (SSSR count). The number of sulfonamides is 1. The minimum atomic E-state index is -3.63. The molecule has 0 aromatic heterocycles. The van der Waals surface area contributed by atoms with Crippen molar-refractivity contribution in [3.05, 3.63) is 59.1 Å². The van der Waals surface area contributed by atoms with Crippen molar-refractivity contribution in [1.29, 1.82) is 0 Å². The summed E-state index contributed by atoms with van der Waals surface area (Å²) >= 11 is 6.04. The SMILES string of the molecule is CN(CC(=O)Nc1ccccc1Cl)C(=O)c1ccc(S(=O)(=O)N(C)C2CCCCC2)cc1. The molecule has 7 nitrogen and oxygen atoms in total. The fourth-order valence-electron chi connectivity index (χ4n) is 3.84. The zero-order valence-corrected chi connectivity index (χ0v) is 19.8. The fourth-order valence-corrected chi connectivity index (χ4v) is 5.44. The van der Waals surface area contributed by atoms with Gasteiger partial charge in [0.1, 0.15) is 0 Å². The van der Waals surface area contributed by atoms with E-state index in [1.54, 1.807) is 31.3 Å². The number of hydrogen-bond acceptors (Lipinski definition) is 4. The fraction of sp³-hybridized carbons (Fsp3) is 0.391. The summed E-state index contributed by atoms with van der Waals surface area (Å²) in [5.41, 5.74) is 0.772. The number of carbonyl (C=O) groups excluding carboxylic acids is 2. The number of benzene rings is 2. The summed E-state index contributed by atoms with van der Waals surface area (Å²) in [4.78, 5) is 26.4. The van der Waals surface area contributed by atoms with E-state index in [2.05, 4.69) is 5.32 Å². The highest BCUT2D eigenvalue weighted by molar-refractivity contribution is 7.89. The van der Waals surface area contributed by atoms with Crippen LogP contribution in [0.4, 0.5) is 5.69 Å². The number of nitrogens with one attached hydrogen (secondary N) is 1. The van der Waals surface area contributed by atoms with Crippen LogP contribution in [-0.4, -0.2) is 56.1 Å². The quantitative estimate of drug-likeness (QED) is 0.652. The van der Waals surface area contributed by atoms with Crippen LogP contribution in [0.1, 0.15) is 42.5 Å². The zero-order chi connectivity index (χ0) is 23.3. The smallest absolute Gasteiger partial charge is 0.254 e. The van der Waals surface area contributed by atoms with Crippen LogP contribution in [0.3, 0.4) is 0 Å². The number of likely N-dealkylation sites (N-methyl/N-ethyl adjacent to an activating group) is 1. The maximum Gasteiger partial charge on any atom is 0.254 e. The number of nitrogens with zero attached hydrogens (tertiary/aromatic N) is 2. The second-order valence-corrected chi connectivity index (χ2v) is 10.4. The van der Waals surface area contributed by atoms with Crippen LogP contribution in [-0.2, 0) is 14.8 Å². The van der Waals surface area contributed by atoms with Crippen molar-refractivity contribution >= 4 is 39.1 Å². The lowest BCUT2D eigenvalue weighted by molar-refractivity contribution is -0.116. The van der Waals surface area contributed by atoms with Gasteiger partial charge in [0.05, 0.1) is 22.2 Å². The zero-order valence-electron chi connectivity index (χ0n) is 18.3. The monoisotopic (exact) mass is 477 g/mol. The van der Waals surface area contributed by atoms with Crippen LogP contribution in [0.25, 0.3) is 0 Å². The van der Waals surface area contributed by atoms with Crippen molar-refractivity contribution in [1.82, 2.24) is 9.21 Å². The summed E-state index contributed by atoms with van der Waals surface area (Å²) in [6.45, 7) is -0.172. The molecule has 0 aliphatic heterocycles. The van der Waals surface area contributed by atoms with E-state index < -0.39 is 10.0 Å². The lowest BCUT2D eigenvalue weighted by Crippen LogP contribution is -2.38. The molecule has 1 N–H and O–H groups in total. The second kappa shape index (κ2) is 10.5. The molecular formula is C23H28ClN3O4S. The second-order valence-electron chi connectivity index (χ2n) is 8.03. The number of amides is 2. The molecule has 172 valence electrons. The highest BCUT2D eigenvalue weighted by Gasteiger charge is 2.29. The molecule has 2 amide bonds. The van der Waals surface area contributed by atoms with Gasteiger partial charge in [0.15, 0.2) is 0 Å². The Morgan fingerprint density at radius 1 is 1.00 bits per heavy atom. The highest BCUT2D eigenvalue weighted by atomic mass is 35.5. The van der Waals surface area contributed by atoms with E-state index >= 15 is 0 Å². The van der Waals surface area contributed by atoms with E-state index in [-0.39, 0.29) is 29.3 Å². The van der Waals surface area contributed by atoms with Gasteiger partial charge < -0.3 is 10.2 Å². The van der Waals surface area contributed by atoms with E-state index in [1.807, 2.05) is 0 Å². The molecule has 0 radical (unpaired) electrons. The number of anilines is 1. The summed E-state index contributed by atoms with van der Waals surface area (Å²) in [6, 6.07) is 12.7. The molecule has 0 saturated heterocycles. The molecule has 2 aromatic rings. The Hall–Kier alpha value is -2.42. The van der Waals surface area contributed by atoms with Crippen LogP contribution in [0.15, 0.2) is 53.4 Å². The third-order valence-corrected chi connectivity index (χ3v) is 8.00. The topological polar surface area (TPSA) is 86.8 Å². The Balaban J connectivity index is 1.63. The minimum absolute atomic E-state index is 0.0119. The summed E-state index contributed by atoms with van der Waals surface area (Å²) in [7, 11) is -0.496. The molecule has 32 heavy (non-hydrogen) atoms. The summed E-state index contributed by atoms with van der Waals surface area (Å²) in [5, 5.41) is 3.08. The standard InChI is InChI=1S/C23H28ClN3O4S/c1-26(16-22(28)25-21-11-7-6-10-20(21)24)23(29)17-12-14-19(15-13-17)32(30,31)27(2)18-8-4-3-5-9-18/h6-7,10-15,18H,3-5,8-9,16H2,1-2H3,(H,25,28). The van der Waals surface area contributed by atoms with Crippen molar-refractivity contribution < 1.29 is 18.0 Å². The van der Waals surface area contributed by atoms with Crippen LogP contribution in [0.2, 0.25) is 5.02 Å². The van der Waals surface area contributed by atoms with Crippen LogP contribution in [0.5, 0.6) is 0 Å². The van der Waals surface area contributed by atoms with Crippen molar-refractivity contribution in [2.75, 3.05) is 26.0 Å². The largest absolute Gasteiger partial charge is 0.332 e. The molecule has 1 aliphatic rings. The van der Waals surface area contributed by atoms with Gasteiger partial charge in [-0.2, -0.15) is 4.31 Å². The van der Waals surface area contributed by atoms with E-state index in [9.17, 15) is 18.0 Å². The predicted molar refractivity (Wildman–Crippen MR) is 125 cm³/mol. The summed E-state index contributed by atoms with van der Waals surface area (Å²) in [5.74, 6) is -0.772. The number of hydrogen-bond donors (Lipinski definition) is 1. The van der Waals surface area contributed by atoms with E-state index in [1.165, 1.54) is 40.5 Å². The maximum atomic E-state index is 13.0. The highest BCUT2D eigenvalue weighted by Crippen LogP contribution is 2.26. The summed E-state index contributed by atoms with van der Waals surface area (Å²) < 4.78 is 27.4. The van der Waals surface area contributed by atoms with Crippen LogP contribution < -0.4 is 5.32 Å². The molecule has 0 atom stereocenters. The first-order valence-corrected chi connectivity index (χ1v) is 12.4. The number of rotatable bonds is 7. The first kappa shape index (κ1) is 24.2.